The maximum atomic E-state index is 14.1. The number of rotatable bonds is 4. The summed E-state index contributed by atoms with van der Waals surface area (Å²) in [5, 5.41) is 15.2. The Labute approximate surface area is 195 Å². The lowest BCUT2D eigenvalue weighted by molar-refractivity contribution is -0.204. The van der Waals surface area contributed by atoms with Gasteiger partial charge < -0.3 is 20.6 Å². The van der Waals surface area contributed by atoms with Gasteiger partial charge in [0.2, 0.25) is 11.8 Å². The quantitative estimate of drug-likeness (QED) is 0.567. The average molecular weight is 487 g/mol. The van der Waals surface area contributed by atoms with Gasteiger partial charge in [-0.25, -0.2) is 4.39 Å². The number of hydrogen-bond acceptors (Lipinski definition) is 5. The van der Waals surface area contributed by atoms with Gasteiger partial charge in [0.25, 0.3) is 0 Å². The molecule has 0 bridgehead atoms. The van der Waals surface area contributed by atoms with Crippen molar-refractivity contribution in [2.45, 2.75) is 69.4 Å². The average Bonchev–Trinajstić information content (AvgIpc) is 3.27. The molecule has 4 atom stereocenters. The third kappa shape index (κ3) is 5.00. The van der Waals surface area contributed by atoms with Crippen molar-refractivity contribution in [3.63, 3.8) is 0 Å². The van der Waals surface area contributed by atoms with E-state index < -0.39 is 30.8 Å². The third-order valence-corrected chi connectivity index (χ3v) is 7.26. The van der Waals surface area contributed by atoms with E-state index in [0.717, 1.165) is 18.4 Å². The van der Waals surface area contributed by atoms with Gasteiger partial charge in [0, 0.05) is 49.4 Å². The van der Waals surface area contributed by atoms with Gasteiger partial charge in [-0.3, -0.25) is 14.5 Å². The van der Waals surface area contributed by atoms with E-state index in [0.29, 0.717) is 29.0 Å². The van der Waals surface area contributed by atoms with Gasteiger partial charge in [0.05, 0.1) is 0 Å². The Kier molecular flexibility index (Phi) is 7.04. The highest BCUT2D eigenvalue weighted by Crippen LogP contribution is 2.33. The second-order valence-electron chi connectivity index (χ2n) is 9.44. The van der Waals surface area contributed by atoms with Gasteiger partial charge in [0.1, 0.15) is 24.5 Å². The number of anilines is 1. The van der Waals surface area contributed by atoms with Crippen molar-refractivity contribution in [1.82, 2.24) is 15.1 Å². The summed E-state index contributed by atoms with van der Waals surface area (Å²) in [5.74, 6) is -1.51. The number of benzene rings is 1. The van der Waals surface area contributed by atoms with Gasteiger partial charge in [-0.2, -0.15) is 13.2 Å². The molecule has 2 heterocycles. The van der Waals surface area contributed by atoms with Gasteiger partial charge in [0.15, 0.2) is 0 Å². The van der Waals surface area contributed by atoms with Gasteiger partial charge in [-0.15, -0.1) is 0 Å². The molecule has 0 radical (unpaired) electrons. The van der Waals surface area contributed by atoms with E-state index in [4.69, 9.17) is 5.11 Å². The van der Waals surface area contributed by atoms with Crippen LogP contribution in [0, 0.1) is 12.7 Å². The van der Waals surface area contributed by atoms with Crippen LogP contribution >= 0.6 is 0 Å². The van der Waals surface area contributed by atoms with Crippen LogP contribution < -0.4 is 10.6 Å². The molecule has 1 saturated carbocycles. The van der Waals surface area contributed by atoms with E-state index in [9.17, 15) is 27.2 Å². The fourth-order valence-corrected chi connectivity index (χ4v) is 5.46. The van der Waals surface area contributed by atoms with Gasteiger partial charge >= 0.3 is 6.18 Å². The number of nitrogens with one attached hydrogen (secondary N) is 2. The largest absolute Gasteiger partial charge is 0.410 e. The lowest BCUT2D eigenvalue weighted by Crippen LogP contribution is -2.63. The van der Waals surface area contributed by atoms with Crippen LogP contribution in [0.25, 0.3) is 0 Å². The van der Waals surface area contributed by atoms with Crippen LogP contribution in [0.1, 0.15) is 36.8 Å². The monoisotopic (exact) mass is 486 g/mol. The molecule has 1 unspecified atom stereocenters. The minimum Gasteiger partial charge on any atom is -0.387 e. The zero-order valence-corrected chi connectivity index (χ0v) is 19.0. The van der Waals surface area contributed by atoms with Crippen LogP contribution in [-0.4, -0.2) is 83.3 Å². The Morgan fingerprint density at radius 3 is 2.68 bits per heavy atom. The van der Waals surface area contributed by atoms with Crippen LogP contribution in [0.5, 0.6) is 0 Å². The number of hydrogen-bond donors (Lipinski definition) is 3. The molecule has 2 aliphatic heterocycles. The molecule has 1 saturated heterocycles. The summed E-state index contributed by atoms with van der Waals surface area (Å²) in [6.07, 6.45) is -1.64. The summed E-state index contributed by atoms with van der Waals surface area (Å²) in [6, 6.07) is 0.163. The van der Waals surface area contributed by atoms with Crippen LogP contribution in [0.4, 0.5) is 23.2 Å². The first-order chi connectivity index (χ1) is 16.1. The number of halogens is 4. The van der Waals surface area contributed by atoms with Crippen molar-refractivity contribution in [3.8, 4) is 0 Å². The minimum absolute atomic E-state index is 0.105. The van der Waals surface area contributed by atoms with Gasteiger partial charge in [-0.05, 0) is 44.2 Å². The van der Waals surface area contributed by atoms with E-state index in [-0.39, 0.29) is 49.9 Å². The first-order valence-electron chi connectivity index (χ1n) is 11.6. The summed E-state index contributed by atoms with van der Waals surface area (Å²) in [5.41, 5.74) is 2.01. The number of fused-ring (bicyclic) bond motifs is 1. The SMILES string of the molecule is Cc1ccc(F)c2c1NC(C(=O)N[C@@H]1CCC[C@@H](N3CCN(C(=O)CO)[C@H](C(F)(F)F)C3)C1)C2. The molecule has 0 aromatic heterocycles. The molecule has 1 aromatic rings. The minimum atomic E-state index is -4.59. The number of aliphatic hydroxyl groups excluding tert-OH is 1. The second kappa shape index (κ2) is 9.69. The van der Waals surface area contributed by atoms with E-state index in [1.165, 1.54) is 6.07 Å². The molecule has 1 aliphatic carbocycles. The number of aryl methyl sites for hydroxylation is 1. The molecule has 188 valence electrons. The number of nitrogens with zero attached hydrogens (tertiary/aromatic N) is 2. The standard InChI is InChI=1S/C23H30F4N4O3/c1-13-5-6-17(24)16-10-18(29-21(13)16)22(34)28-14-3-2-4-15(9-14)30-7-8-31(20(33)12-32)19(11-30)23(25,26)27/h5-6,14-15,18-19,29,32H,2-4,7-12H2,1H3,(H,28,34)/t14-,15-,18?,19+/m1/s1. The lowest BCUT2D eigenvalue weighted by Gasteiger charge is -2.46. The second-order valence-corrected chi connectivity index (χ2v) is 9.44. The van der Waals surface area contributed by atoms with Gasteiger partial charge in [-0.1, -0.05) is 6.07 Å². The first-order valence-corrected chi connectivity index (χ1v) is 11.6. The predicted molar refractivity (Wildman–Crippen MR) is 117 cm³/mol. The predicted octanol–water partition coefficient (Wildman–Crippen LogP) is 1.97. The van der Waals surface area contributed by atoms with Crippen LogP contribution in [0.2, 0.25) is 0 Å². The molecule has 2 amide bonds. The molecular weight excluding hydrogens is 456 g/mol. The fourth-order valence-electron chi connectivity index (χ4n) is 5.46. The topological polar surface area (TPSA) is 84.9 Å². The zero-order valence-electron chi connectivity index (χ0n) is 19.0. The van der Waals surface area contributed by atoms with Crippen molar-refractivity contribution >= 4 is 17.5 Å². The summed E-state index contributed by atoms with van der Waals surface area (Å²) in [4.78, 5) is 27.2. The van der Waals surface area contributed by atoms with Crippen LogP contribution in [-0.2, 0) is 16.0 Å². The maximum Gasteiger partial charge on any atom is 0.410 e. The van der Waals surface area contributed by atoms with Crippen molar-refractivity contribution in [2.75, 3.05) is 31.6 Å². The maximum absolute atomic E-state index is 14.1. The number of piperazine rings is 1. The highest BCUT2D eigenvalue weighted by atomic mass is 19.4. The molecule has 34 heavy (non-hydrogen) atoms. The smallest absolute Gasteiger partial charge is 0.387 e. The number of carbonyl (C=O) groups excluding carboxylic acids is 2. The Balaban J connectivity index is 1.36. The molecule has 0 spiro atoms. The highest BCUT2D eigenvalue weighted by Gasteiger charge is 2.49. The molecule has 11 heteroatoms. The van der Waals surface area contributed by atoms with Crippen LogP contribution in [0.15, 0.2) is 12.1 Å². The fraction of sp³-hybridized carbons (Fsp3) is 0.652. The van der Waals surface area contributed by atoms with Crippen molar-refractivity contribution in [3.05, 3.63) is 29.1 Å². The molecule has 3 N–H and O–H groups in total. The molecule has 7 nitrogen and oxygen atoms in total. The molecular formula is C23H30F4N4O3. The summed E-state index contributed by atoms with van der Waals surface area (Å²) in [7, 11) is 0. The molecule has 2 fully saturated rings. The number of amides is 2. The Morgan fingerprint density at radius 2 is 2.00 bits per heavy atom. The Bertz CT molecular complexity index is 911. The van der Waals surface area contributed by atoms with Crippen LogP contribution in [0.3, 0.4) is 0 Å². The van der Waals surface area contributed by atoms with Crippen molar-refractivity contribution in [2.24, 2.45) is 0 Å². The summed E-state index contributed by atoms with van der Waals surface area (Å²) in [6.45, 7) is 0.721. The Morgan fingerprint density at radius 1 is 1.24 bits per heavy atom. The molecule has 3 aliphatic rings. The molecule has 1 aromatic carbocycles. The first kappa shape index (κ1) is 24.7. The lowest BCUT2D eigenvalue weighted by atomic mass is 9.88. The van der Waals surface area contributed by atoms with E-state index in [1.807, 2.05) is 6.92 Å². The number of aliphatic hydroxyl groups is 1. The van der Waals surface area contributed by atoms with E-state index in [1.54, 1.807) is 11.0 Å². The third-order valence-electron chi connectivity index (χ3n) is 7.26. The summed E-state index contributed by atoms with van der Waals surface area (Å²) >= 11 is 0. The van der Waals surface area contributed by atoms with Crippen molar-refractivity contribution < 1.29 is 32.3 Å². The summed E-state index contributed by atoms with van der Waals surface area (Å²) < 4.78 is 55.0. The molecule has 4 rings (SSSR count). The van der Waals surface area contributed by atoms with E-state index in [2.05, 4.69) is 10.6 Å². The normalized spacial score (nSPS) is 27.8. The Hall–Kier alpha value is -2.40. The van der Waals surface area contributed by atoms with E-state index >= 15 is 0 Å². The zero-order chi connectivity index (χ0) is 24.6. The highest BCUT2D eigenvalue weighted by molar-refractivity contribution is 5.88. The number of carbonyl (C=O) groups is 2. The number of alkyl halides is 3. The van der Waals surface area contributed by atoms with Crippen molar-refractivity contribution in [1.29, 1.82) is 0 Å².